The van der Waals surface area contributed by atoms with Gasteiger partial charge in [0.2, 0.25) is 0 Å². The van der Waals surface area contributed by atoms with Gasteiger partial charge >= 0.3 is 0 Å². The summed E-state index contributed by atoms with van der Waals surface area (Å²) >= 11 is 0. The summed E-state index contributed by atoms with van der Waals surface area (Å²) in [6, 6.07) is 14.9. The van der Waals surface area contributed by atoms with Gasteiger partial charge in [-0.1, -0.05) is 50.5 Å². The molecule has 1 atom stereocenters. The monoisotopic (exact) mass is 506 g/mol. The number of carbonyl (C=O) groups is 1. The molecule has 0 radical (unpaired) electrons. The Kier molecular flexibility index (Phi) is 11.3. The van der Waals surface area contributed by atoms with Gasteiger partial charge in [0.05, 0.1) is 30.1 Å². The van der Waals surface area contributed by atoms with Crippen LogP contribution in [0.4, 0.5) is 0 Å². The van der Waals surface area contributed by atoms with Crippen molar-refractivity contribution in [1.29, 1.82) is 0 Å². The Hall–Kier alpha value is -3.03. The van der Waals surface area contributed by atoms with Crippen LogP contribution in [0, 0.1) is 0 Å². The first-order valence-corrected chi connectivity index (χ1v) is 13.6. The third kappa shape index (κ3) is 7.49. The highest BCUT2D eigenvalue weighted by molar-refractivity contribution is 5.94. The Morgan fingerprint density at radius 3 is 2.49 bits per heavy atom. The molecule has 7 heteroatoms. The maximum atomic E-state index is 13.8. The molecule has 1 unspecified atom stereocenters. The minimum Gasteiger partial charge on any atom is -0.383 e. The van der Waals surface area contributed by atoms with Crippen LogP contribution in [-0.4, -0.2) is 47.2 Å². The van der Waals surface area contributed by atoms with Crippen molar-refractivity contribution >= 4 is 16.8 Å². The number of benzene rings is 2. The van der Waals surface area contributed by atoms with Crippen LogP contribution in [-0.2, 0) is 17.7 Å². The number of unbranched alkanes of at least 4 members (excludes halogenated alkanes) is 4. The normalized spacial score (nSPS) is 12.1. The molecule has 0 saturated heterocycles. The van der Waals surface area contributed by atoms with Gasteiger partial charge in [0.1, 0.15) is 5.82 Å². The van der Waals surface area contributed by atoms with E-state index in [-0.39, 0.29) is 11.5 Å². The molecule has 2 aromatic carbocycles. The molecule has 37 heavy (non-hydrogen) atoms. The zero-order valence-corrected chi connectivity index (χ0v) is 22.6. The van der Waals surface area contributed by atoms with Gasteiger partial charge in [-0.2, -0.15) is 0 Å². The molecular weight excluding hydrogens is 464 g/mol. The highest BCUT2D eigenvalue weighted by Crippen LogP contribution is 2.24. The van der Waals surface area contributed by atoms with Gasteiger partial charge in [0, 0.05) is 19.2 Å². The molecule has 1 aromatic heterocycles. The van der Waals surface area contributed by atoms with Crippen LogP contribution in [0.25, 0.3) is 10.9 Å². The predicted molar refractivity (Wildman–Crippen MR) is 150 cm³/mol. The minimum absolute atomic E-state index is 0.0472. The Balaban J connectivity index is 1.97. The molecular formula is C30H42N4O3. The highest BCUT2D eigenvalue weighted by atomic mass is 16.5. The maximum absolute atomic E-state index is 13.8. The predicted octanol–water partition coefficient (Wildman–Crippen LogP) is 5.11. The molecule has 1 heterocycles. The maximum Gasteiger partial charge on any atom is 0.261 e. The smallest absolute Gasteiger partial charge is 0.261 e. The fourth-order valence-corrected chi connectivity index (χ4v) is 4.65. The summed E-state index contributed by atoms with van der Waals surface area (Å²) in [5.41, 5.74) is 8.08. The van der Waals surface area contributed by atoms with Gasteiger partial charge in [0.25, 0.3) is 11.5 Å². The number of hydrogen-bond acceptors (Lipinski definition) is 5. The van der Waals surface area contributed by atoms with E-state index in [1.807, 2.05) is 42.2 Å². The van der Waals surface area contributed by atoms with E-state index in [1.54, 1.807) is 17.7 Å². The lowest BCUT2D eigenvalue weighted by molar-refractivity contribution is 0.0673. The number of ether oxygens (including phenoxy) is 1. The fraction of sp³-hybridized carbons (Fsp3) is 0.500. The number of nitrogens with zero attached hydrogens (tertiary/aromatic N) is 3. The summed E-state index contributed by atoms with van der Waals surface area (Å²) in [4.78, 5) is 34.0. The molecule has 0 aliphatic rings. The third-order valence-corrected chi connectivity index (χ3v) is 6.89. The van der Waals surface area contributed by atoms with Crippen molar-refractivity contribution in [1.82, 2.24) is 14.5 Å². The second-order valence-corrected chi connectivity index (χ2v) is 9.61. The highest BCUT2D eigenvalue weighted by Gasteiger charge is 2.27. The first-order chi connectivity index (χ1) is 18.0. The molecule has 0 spiro atoms. The second kappa shape index (κ2) is 14.6. The van der Waals surface area contributed by atoms with E-state index in [0.29, 0.717) is 48.5 Å². The molecule has 200 valence electrons. The van der Waals surface area contributed by atoms with Gasteiger partial charge in [0.15, 0.2) is 0 Å². The molecule has 0 aliphatic heterocycles. The number of carbonyl (C=O) groups excluding carboxylic acids is 1. The third-order valence-electron chi connectivity index (χ3n) is 6.89. The lowest BCUT2D eigenvalue weighted by Gasteiger charge is -2.31. The molecule has 3 rings (SSSR count). The van der Waals surface area contributed by atoms with E-state index >= 15 is 0 Å². The topological polar surface area (TPSA) is 90.5 Å². The van der Waals surface area contributed by atoms with Gasteiger partial charge < -0.3 is 15.4 Å². The SMILES string of the molecule is CCCCc1ccc(C(=O)N(CCCCCCN)C(C)c2nc3ccccc3c(=O)n2CCOC)cc1. The summed E-state index contributed by atoms with van der Waals surface area (Å²) in [6.07, 6.45) is 7.15. The van der Waals surface area contributed by atoms with Crippen LogP contribution >= 0.6 is 0 Å². The van der Waals surface area contributed by atoms with E-state index in [4.69, 9.17) is 15.5 Å². The van der Waals surface area contributed by atoms with E-state index in [2.05, 4.69) is 19.1 Å². The molecule has 3 aromatic rings. The number of methoxy groups -OCH3 is 1. The number of nitrogens with two attached hydrogens (primary N) is 1. The van der Waals surface area contributed by atoms with Crippen LogP contribution in [0.5, 0.6) is 0 Å². The largest absolute Gasteiger partial charge is 0.383 e. The van der Waals surface area contributed by atoms with Crippen molar-refractivity contribution in [3.8, 4) is 0 Å². The number of para-hydroxylation sites is 1. The quantitative estimate of drug-likeness (QED) is 0.289. The molecule has 2 N–H and O–H groups in total. The standard InChI is InChI=1S/C30H42N4O3/c1-4-5-12-24-15-17-25(18-16-24)29(35)33(20-11-7-6-10-19-31)23(2)28-32-27-14-9-8-13-26(27)30(36)34(28)21-22-37-3/h8-9,13-18,23H,4-7,10-12,19-22,31H2,1-3H3. The van der Waals surface area contributed by atoms with Gasteiger partial charge in [-0.15, -0.1) is 0 Å². The van der Waals surface area contributed by atoms with E-state index < -0.39 is 6.04 Å². The number of fused-ring (bicyclic) bond motifs is 1. The van der Waals surface area contributed by atoms with Crippen molar-refractivity contribution in [2.75, 3.05) is 26.8 Å². The first-order valence-electron chi connectivity index (χ1n) is 13.6. The minimum atomic E-state index is -0.393. The van der Waals surface area contributed by atoms with Crippen molar-refractivity contribution in [3.63, 3.8) is 0 Å². The summed E-state index contributed by atoms with van der Waals surface area (Å²) in [5, 5.41) is 0.567. The van der Waals surface area contributed by atoms with Gasteiger partial charge in [-0.05, 0) is 69.0 Å². The number of hydrogen-bond donors (Lipinski definition) is 1. The van der Waals surface area contributed by atoms with Crippen LogP contribution in [0.2, 0.25) is 0 Å². The molecule has 0 fully saturated rings. The summed E-state index contributed by atoms with van der Waals surface area (Å²) in [5.74, 6) is 0.532. The average molecular weight is 507 g/mol. The second-order valence-electron chi connectivity index (χ2n) is 9.61. The Bertz CT molecular complexity index is 1190. The number of aryl methyl sites for hydroxylation is 1. The Morgan fingerprint density at radius 1 is 1.05 bits per heavy atom. The summed E-state index contributed by atoms with van der Waals surface area (Å²) < 4.78 is 6.95. The molecule has 0 bridgehead atoms. The van der Waals surface area contributed by atoms with Crippen molar-refractivity contribution in [2.45, 2.75) is 71.4 Å². The lowest BCUT2D eigenvalue weighted by Crippen LogP contribution is -2.39. The summed E-state index contributed by atoms with van der Waals surface area (Å²) in [6.45, 7) is 6.15. The Morgan fingerprint density at radius 2 is 1.78 bits per heavy atom. The van der Waals surface area contributed by atoms with Crippen LogP contribution in [0.15, 0.2) is 53.3 Å². The van der Waals surface area contributed by atoms with Crippen molar-refractivity contribution in [3.05, 3.63) is 75.8 Å². The molecule has 0 aliphatic carbocycles. The fourth-order valence-electron chi connectivity index (χ4n) is 4.65. The van der Waals surface area contributed by atoms with Gasteiger partial charge in [-0.3, -0.25) is 14.2 Å². The molecule has 7 nitrogen and oxygen atoms in total. The zero-order valence-electron chi connectivity index (χ0n) is 22.6. The number of rotatable bonds is 15. The van der Waals surface area contributed by atoms with E-state index in [1.165, 1.54) is 5.56 Å². The average Bonchev–Trinajstić information content (AvgIpc) is 2.93. The van der Waals surface area contributed by atoms with E-state index in [9.17, 15) is 9.59 Å². The van der Waals surface area contributed by atoms with Crippen LogP contribution < -0.4 is 11.3 Å². The van der Waals surface area contributed by atoms with E-state index in [0.717, 1.165) is 44.9 Å². The van der Waals surface area contributed by atoms with Crippen LogP contribution in [0.3, 0.4) is 0 Å². The number of aromatic nitrogens is 2. The van der Waals surface area contributed by atoms with Crippen LogP contribution in [0.1, 0.15) is 80.2 Å². The Labute approximate surface area is 220 Å². The molecule has 1 amide bonds. The lowest BCUT2D eigenvalue weighted by atomic mass is 10.0. The first kappa shape index (κ1) is 28.5. The zero-order chi connectivity index (χ0) is 26.6. The van der Waals surface area contributed by atoms with Crippen molar-refractivity contribution < 1.29 is 9.53 Å². The van der Waals surface area contributed by atoms with Gasteiger partial charge in [-0.25, -0.2) is 4.98 Å². The number of amides is 1. The van der Waals surface area contributed by atoms with Crippen molar-refractivity contribution in [2.24, 2.45) is 5.73 Å². The molecule has 0 saturated carbocycles. The summed E-state index contributed by atoms with van der Waals surface area (Å²) in [7, 11) is 1.62.